The SMILES string of the molecule is CC#C[C@]1(O)CC[C@H]2[C@@H]3CCC4=CC(=O)CCC4=C3[C@@H](c3ccc(NS(=O)(=O)C4CC4)cc3)C[C@@]21C. The molecule has 5 aliphatic carbocycles. The van der Waals surface area contributed by atoms with Crippen LogP contribution in [-0.2, 0) is 14.8 Å². The van der Waals surface area contributed by atoms with E-state index >= 15 is 0 Å². The number of hydrogen-bond acceptors (Lipinski definition) is 4. The van der Waals surface area contributed by atoms with Crippen LogP contribution in [0.3, 0.4) is 0 Å². The number of carbonyl (C=O) groups is 1. The van der Waals surface area contributed by atoms with Crippen LogP contribution in [0.1, 0.15) is 83.1 Å². The minimum Gasteiger partial charge on any atom is -0.377 e. The zero-order chi connectivity index (χ0) is 25.3. The van der Waals surface area contributed by atoms with Gasteiger partial charge in [0, 0.05) is 23.4 Å². The largest absolute Gasteiger partial charge is 0.377 e. The molecular formula is C30H35NO4S. The van der Waals surface area contributed by atoms with Gasteiger partial charge in [0.1, 0.15) is 5.60 Å². The molecule has 3 saturated carbocycles. The van der Waals surface area contributed by atoms with Gasteiger partial charge in [-0.15, -0.1) is 5.92 Å². The van der Waals surface area contributed by atoms with E-state index in [1.165, 1.54) is 16.7 Å². The Labute approximate surface area is 214 Å². The Hall–Kier alpha value is -2.36. The summed E-state index contributed by atoms with van der Waals surface area (Å²) < 4.78 is 27.6. The number of ketones is 1. The molecule has 1 aromatic rings. The molecule has 1 aromatic carbocycles. The zero-order valence-electron chi connectivity index (χ0n) is 21.1. The third kappa shape index (κ3) is 3.70. The van der Waals surface area contributed by atoms with Gasteiger partial charge in [-0.3, -0.25) is 9.52 Å². The molecule has 0 spiro atoms. The standard InChI is InChI=1S/C30H35NO4S/c1-3-15-30(33)16-14-27-25-12-6-20-17-22(32)9-13-24(20)28(25)26(18-29(27,30)2)19-4-7-21(8-5-19)31-36(34,35)23-10-11-23/h4-5,7-8,17,23,25-27,31,33H,6,9-14,16,18H2,1-2H3/t25-,26+,27-,29-,30-/m0/s1. The minimum absolute atomic E-state index is 0.112. The summed E-state index contributed by atoms with van der Waals surface area (Å²) in [6.07, 6.45) is 9.09. The minimum atomic E-state index is -3.31. The lowest BCUT2D eigenvalue weighted by Crippen LogP contribution is -2.51. The first-order valence-corrected chi connectivity index (χ1v) is 14.9. The molecule has 0 aliphatic heterocycles. The summed E-state index contributed by atoms with van der Waals surface area (Å²) in [5, 5.41) is 11.5. The Morgan fingerprint density at radius 2 is 1.81 bits per heavy atom. The van der Waals surface area contributed by atoms with Gasteiger partial charge in [0.05, 0.1) is 5.25 Å². The Morgan fingerprint density at radius 3 is 2.50 bits per heavy atom. The van der Waals surface area contributed by atoms with Gasteiger partial charge in [-0.1, -0.05) is 30.6 Å². The van der Waals surface area contributed by atoms with Gasteiger partial charge in [0.15, 0.2) is 5.78 Å². The van der Waals surface area contributed by atoms with Crippen molar-refractivity contribution in [2.45, 2.75) is 88.4 Å². The molecule has 6 rings (SSSR count). The molecule has 6 heteroatoms. The first-order valence-electron chi connectivity index (χ1n) is 13.4. The molecule has 0 radical (unpaired) electrons. The maximum Gasteiger partial charge on any atom is 0.235 e. The van der Waals surface area contributed by atoms with Crippen molar-refractivity contribution in [1.29, 1.82) is 0 Å². The van der Waals surface area contributed by atoms with Crippen molar-refractivity contribution in [2.24, 2.45) is 17.3 Å². The maximum absolute atomic E-state index is 12.4. The third-order valence-corrected chi connectivity index (χ3v) is 11.6. The van der Waals surface area contributed by atoms with Crippen LogP contribution < -0.4 is 4.72 Å². The molecule has 190 valence electrons. The van der Waals surface area contributed by atoms with Crippen LogP contribution >= 0.6 is 0 Å². The van der Waals surface area contributed by atoms with Crippen LogP contribution in [0.25, 0.3) is 0 Å². The van der Waals surface area contributed by atoms with Crippen molar-refractivity contribution in [2.75, 3.05) is 4.72 Å². The summed E-state index contributed by atoms with van der Waals surface area (Å²) in [4.78, 5) is 12.2. The molecule has 0 heterocycles. The molecule has 3 fully saturated rings. The molecule has 5 aliphatic rings. The molecular weight excluding hydrogens is 470 g/mol. The van der Waals surface area contributed by atoms with Gasteiger partial charge in [-0.2, -0.15) is 0 Å². The lowest BCUT2D eigenvalue weighted by molar-refractivity contribution is -0.114. The molecule has 5 nitrogen and oxygen atoms in total. The quantitative estimate of drug-likeness (QED) is 0.548. The van der Waals surface area contributed by atoms with E-state index in [9.17, 15) is 18.3 Å². The highest BCUT2D eigenvalue weighted by atomic mass is 32.2. The number of fused-ring (bicyclic) bond motifs is 4. The molecule has 5 atom stereocenters. The molecule has 0 aromatic heterocycles. The highest BCUT2D eigenvalue weighted by molar-refractivity contribution is 7.93. The number of sulfonamides is 1. The number of anilines is 1. The van der Waals surface area contributed by atoms with Crippen LogP contribution in [0.15, 0.2) is 47.1 Å². The highest BCUT2D eigenvalue weighted by Gasteiger charge is 2.62. The average molecular weight is 506 g/mol. The Kier molecular flexibility index (Phi) is 5.55. The predicted molar refractivity (Wildman–Crippen MR) is 141 cm³/mol. The molecule has 36 heavy (non-hydrogen) atoms. The van der Waals surface area contributed by atoms with Gasteiger partial charge in [0.2, 0.25) is 10.0 Å². The van der Waals surface area contributed by atoms with Crippen LogP contribution in [0, 0.1) is 29.1 Å². The molecule has 0 amide bonds. The first-order chi connectivity index (χ1) is 17.1. The fourth-order valence-corrected chi connectivity index (χ4v) is 9.17. The monoisotopic (exact) mass is 505 g/mol. The smallest absolute Gasteiger partial charge is 0.235 e. The van der Waals surface area contributed by atoms with Crippen molar-refractivity contribution in [3.05, 3.63) is 52.6 Å². The maximum atomic E-state index is 12.4. The second-order valence-electron chi connectivity index (χ2n) is 11.7. The Morgan fingerprint density at radius 1 is 1.06 bits per heavy atom. The Balaban J connectivity index is 1.43. The topological polar surface area (TPSA) is 83.5 Å². The summed E-state index contributed by atoms with van der Waals surface area (Å²) in [6, 6.07) is 7.85. The van der Waals surface area contributed by atoms with Crippen molar-refractivity contribution < 1.29 is 18.3 Å². The van der Waals surface area contributed by atoms with Crippen LogP contribution in [0.2, 0.25) is 0 Å². The summed E-state index contributed by atoms with van der Waals surface area (Å²) in [5.41, 5.74) is 4.46. The summed E-state index contributed by atoms with van der Waals surface area (Å²) in [7, 11) is -3.31. The predicted octanol–water partition coefficient (Wildman–Crippen LogP) is 5.24. The number of allylic oxidation sites excluding steroid dienone is 4. The van der Waals surface area contributed by atoms with E-state index in [1.807, 2.05) is 18.2 Å². The zero-order valence-corrected chi connectivity index (χ0v) is 22.0. The summed E-state index contributed by atoms with van der Waals surface area (Å²) >= 11 is 0. The fourth-order valence-electron chi connectivity index (χ4n) is 7.79. The van der Waals surface area contributed by atoms with E-state index in [0.717, 1.165) is 50.5 Å². The molecule has 0 bridgehead atoms. The lowest BCUT2D eigenvalue weighted by Gasteiger charge is -2.53. The van der Waals surface area contributed by atoms with Crippen molar-refractivity contribution in [3.63, 3.8) is 0 Å². The average Bonchev–Trinajstić information content (AvgIpc) is 3.66. The number of hydrogen-bond donors (Lipinski definition) is 2. The third-order valence-electron chi connectivity index (χ3n) is 9.75. The normalized spacial score (nSPS) is 35.7. The summed E-state index contributed by atoms with van der Waals surface area (Å²) in [5.74, 6) is 7.28. The van der Waals surface area contributed by atoms with E-state index in [0.29, 0.717) is 30.4 Å². The second kappa shape index (κ2) is 8.33. The number of benzene rings is 1. The van der Waals surface area contributed by atoms with E-state index in [-0.39, 0.29) is 22.4 Å². The van der Waals surface area contributed by atoms with E-state index in [2.05, 4.69) is 35.6 Å². The van der Waals surface area contributed by atoms with Crippen molar-refractivity contribution in [1.82, 2.24) is 0 Å². The van der Waals surface area contributed by atoms with Gasteiger partial charge in [-0.05, 0) is 105 Å². The van der Waals surface area contributed by atoms with Crippen molar-refractivity contribution >= 4 is 21.5 Å². The second-order valence-corrected chi connectivity index (χ2v) is 13.7. The first kappa shape index (κ1) is 24.0. The van der Waals surface area contributed by atoms with E-state index in [4.69, 9.17) is 0 Å². The number of aliphatic hydroxyl groups is 1. The van der Waals surface area contributed by atoms with Gasteiger partial charge >= 0.3 is 0 Å². The fraction of sp³-hybridized carbons (Fsp3) is 0.567. The lowest BCUT2D eigenvalue weighted by atomic mass is 9.51. The van der Waals surface area contributed by atoms with Crippen molar-refractivity contribution in [3.8, 4) is 11.8 Å². The summed E-state index contributed by atoms with van der Waals surface area (Å²) in [6.45, 7) is 4.04. The van der Waals surface area contributed by atoms with E-state index in [1.54, 1.807) is 6.92 Å². The molecule has 0 saturated heterocycles. The Bertz CT molecular complexity index is 1340. The van der Waals surface area contributed by atoms with Gasteiger partial charge in [-0.25, -0.2) is 8.42 Å². The number of nitrogens with one attached hydrogen (secondary N) is 1. The van der Waals surface area contributed by atoms with Gasteiger partial charge in [0.25, 0.3) is 0 Å². The molecule has 0 unspecified atom stereocenters. The van der Waals surface area contributed by atoms with Gasteiger partial charge < -0.3 is 5.11 Å². The van der Waals surface area contributed by atoms with Crippen LogP contribution in [0.4, 0.5) is 5.69 Å². The van der Waals surface area contributed by atoms with Crippen LogP contribution in [0.5, 0.6) is 0 Å². The molecule has 2 N–H and O–H groups in total. The highest BCUT2D eigenvalue weighted by Crippen LogP contribution is 2.66. The number of rotatable bonds is 4. The number of carbonyl (C=O) groups excluding carboxylic acids is 1. The van der Waals surface area contributed by atoms with Crippen LogP contribution in [-0.4, -0.2) is 30.2 Å². The van der Waals surface area contributed by atoms with E-state index < -0.39 is 15.6 Å².